The Balaban J connectivity index is 2.36. The van der Waals surface area contributed by atoms with E-state index in [1.54, 1.807) is 6.07 Å². The molecular weight excluding hydrogens is 268 g/mol. The third-order valence-corrected chi connectivity index (χ3v) is 2.82. The van der Waals surface area contributed by atoms with Crippen LogP contribution >= 0.6 is 15.9 Å². The van der Waals surface area contributed by atoms with Crippen molar-refractivity contribution in [1.29, 1.82) is 0 Å². The standard InChI is InChI=1S/C13H15BrO2/c1-2-3-4-7-10-16-13(15)11-8-5-6-9-12(11)14/h2,5-6,8-9H,1,3-4,7,10H2. The number of halogens is 1. The van der Waals surface area contributed by atoms with Crippen molar-refractivity contribution in [3.8, 4) is 0 Å². The molecule has 0 bridgehead atoms. The Morgan fingerprint density at radius 2 is 2.12 bits per heavy atom. The lowest BCUT2D eigenvalue weighted by molar-refractivity contribution is 0.0497. The number of unbranched alkanes of at least 4 members (excludes halogenated alkanes) is 2. The van der Waals surface area contributed by atoms with Crippen LogP contribution in [0.1, 0.15) is 29.6 Å². The van der Waals surface area contributed by atoms with Crippen LogP contribution in [0.2, 0.25) is 0 Å². The molecule has 0 aromatic heterocycles. The highest BCUT2D eigenvalue weighted by atomic mass is 79.9. The quantitative estimate of drug-likeness (QED) is 0.448. The molecule has 86 valence electrons. The zero-order chi connectivity index (χ0) is 11.8. The first kappa shape index (κ1) is 13.0. The van der Waals surface area contributed by atoms with Gasteiger partial charge in [0.1, 0.15) is 0 Å². The minimum absolute atomic E-state index is 0.272. The average molecular weight is 283 g/mol. The first-order valence-corrected chi connectivity index (χ1v) is 6.07. The molecule has 0 heterocycles. The molecule has 0 spiro atoms. The number of benzene rings is 1. The maximum absolute atomic E-state index is 11.6. The molecule has 0 unspecified atom stereocenters. The Kier molecular flexibility index (Phi) is 5.86. The molecule has 0 fully saturated rings. The molecule has 0 saturated heterocycles. The Hall–Kier alpha value is -1.09. The van der Waals surface area contributed by atoms with Gasteiger partial charge in [-0.2, -0.15) is 0 Å². The van der Waals surface area contributed by atoms with E-state index in [9.17, 15) is 4.79 Å². The van der Waals surface area contributed by atoms with Gasteiger partial charge in [0.05, 0.1) is 12.2 Å². The normalized spacial score (nSPS) is 9.81. The van der Waals surface area contributed by atoms with Gasteiger partial charge in [0, 0.05) is 4.47 Å². The van der Waals surface area contributed by atoms with Crippen molar-refractivity contribution < 1.29 is 9.53 Å². The Bertz CT molecular complexity index is 361. The van der Waals surface area contributed by atoms with Crippen molar-refractivity contribution in [3.63, 3.8) is 0 Å². The summed E-state index contributed by atoms with van der Waals surface area (Å²) in [4.78, 5) is 11.6. The molecule has 1 rings (SSSR count). The SMILES string of the molecule is C=CCCCCOC(=O)c1ccccc1Br. The van der Waals surface area contributed by atoms with Gasteiger partial charge in [-0.25, -0.2) is 4.79 Å². The van der Waals surface area contributed by atoms with Gasteiger partial charge in [-0.15, -0.1) is 6.58 Å². The van der Waals surface area contributed by atoms with Gasteiger partial charge in [-0.1, -0.05) is 18.2 Å². The van der Waals surface area contributed by atoms with Gasteiger partial charge in [0.15, 0.2) is 0 Å². The smallest absolute Gasteiger partial charge is 0.339 e. The van der Waals surface area contributed by atoms with Crippen LogP contribution in [-0.2, 0) is 4.74 Å². The Morgan fingerprint density at radius 1 is 1.38 bits per heavy atom. The summed E-state index contributed by atoms with van der Waals surface area (Å²) < 4.78 is 5.92. The van der Waals surface area contributed by atoms with Gasteiger partial charge in [-0.3, -0.25) is 0 Å². The summed E-state index contributed by atoms with van der Waals surface area (Å²) in [6, 6.07) is 7.26. The maximum atomic E-state index is 11.6. The molecule has 1 aromatic rings. The zero-order valence-electron chi connectivity index (χ0n) is 9.12. The fourth-order valence-electron chi connectivity index (χ4n) is 1.26. The van der Waals surface area contributed by atoms with E-state index in [0.717, 1.165) is 23.7 Å². The molecule has 0 aliphatic carbocycles. The lowest BCUT2D eigenvalue weighted by Gasteiger charge is -2.05. The average Bonchev–Trinajstić information content (AvgIpc) is 2.29. The number of hydrogen-bond donors (Lipinski definition) is 0. The molecule has 0 atom stereocenters. The summed E-state index contributed by atoms with van der Waals surface area (Å²) in [5.74, 6) is -0.272. The first-order chi connectivity index (χ1) is 7.75. The summed E-state index contributed by atoms with van der Waals surface area (Å²) >= 11 is 3.32. The van der Waals surface area contributed by atoms with Gasteiger partial charge in [0.25, 0.3) is 0 Å². The summed E-state index contributed by atoms with van der Waals surface area (Å²) in [7, 11) is 0. The van der Waals surface area contributed by atoms with Crippen molar-refractivity contribution in [1.82, 2.24) is 0 Å². The highest BCUT2D eigenvalue weighted by Crippen LogP contribution is 2.16. The molecule has 0 saturated carbocycles. The van der Waals surface area contributed by atoms with Crippen LogP contribution < -0.4 is 0 Å². The summed E-state index contributed by atoms with van der Waals surface area (Å²) in [6.07, 6.45) is 4.72. The van der Waals surface area contributed by atoms with E-state index in [4.69, 9.17) is 4.74 Å². The molecule has 3 heteroatoms. The van der Waals surface area contributed by atoms with Crippen molar-refractivity contribution in [3.05, 3.63) is 47.0 Å². The Morgan fingerprint density at radius 3 is 2.81 bits per heavy atom. The third kappa shape index (κ3) is 4.19. The molecule has 0 N–H and O–H groups in total. The van der Waals surface area contributed by atoms with Crippen molar-refractivity contribution in [2.75, 3.05) is 6.61 Å². The van der Waals surface area contributed by atoms with E-state index in [2.05, 4.69) is 22.5 Å². The van der Waals surface area contributed by atoms with Crippen LogP contribution in [0.5, 0.6) is 0 Å². The van der Waals surface area contributed by atoms with Crippen molar-refractivity contribution >= 4 is 21.9 Å². The molecule has 2 nitrogen and oxygen atoms in total. The second-order valence-corrected chi connectivity index (χ2v) is 4.25. The van der Waals surface area contributed by atoms with E-state index in [-0.39, 0.29) is 5.97 Å². The van der Waals surface area contributed by atoms with E-state index in [0.29, 0.717) is 12.2 Å². The maximum Gasteiger partial charge on any atom is 0.339 e. The van der Waals surface area contributed by atoms with Crippen molar-refractivity contribution in [2.24, 2.45) is 0 Å². The number of allylic oxidation sites excluding steroid dienone is 1. The van der Waals surface area contributed by atoms with Crippen molar-refractivity contribution in [2.45, 2.75) is 19.3 Å². The number of carbonyl (C=O) groups is 1. The fourth-order valence-corrected chi connectivity index (χ4v) is 1.71. The van der Waals surface area contributed by atoms with Crippen LogP contribution in [0.3, 0.4) is 0 Å². The first-order valence-electron chi connectivity index (χ1n) is 5.28. The van der Waals surface area contributed by atoms with Gasteiger partial charge < -0.3 is 4.74 Å². The van der Waals surface area contributed by atoms with E-state index in [1.807, 2.05) is 24.3 Å². The predicted octanol–water partition coefficient (Wildman–Crippen LogP) is 3.96. The van der Waals surface area contributed by atoms with Crippen LogP contribution in [0.15, 0.2) is 41.4 Å². The highest BCUT2D eigenvalue weighted by Gasteiger charge is 2.09. The summed E-state index contributed by atoms with van der Waals surface area (Å²) in [6.45, 7) is 4.10. The topological polar surface area (TPSA) is 26.3 Å². The van der Waals surface area contributed by atoms with Gasteiger partial charge in [-0.05, 0) is 47.3 Å². The molecule has 0 aliphatic rings. The van der Waals surface area contributed by atoms with Crippen LogP contribution in [0.25, 0.3) is 0 Å². The summed E-state index contributed by atoms with van der Waals surface area (Å²) in [5.41, 5.74) is 0.575. The number of hydrogen-bond acceptors (Lipinski definition) is 2. The summed E-state index contributed by atoms with van der Waals surface area (Å²) in [5, 5.41) is 0. The molecular formula is C13H15BrO2. The van der Waals surface area contributed by atoms with Gasteiger partial charge in [0.2, 0.25) is 0 Å². The van der Waals surface area contributed by atoms with E-state index >= 15 is 0 Å². The number of carbonyl (C=O) groups excluding carboxylic acids is 1. The van der Waals surface area contributed by atoms with E-state index in [1.165, 1.54) is 0 Å². The Labute approximate surface area is 104 Å². The molecule has 0 amide bonds. The minimum atomic E-state index is -0.272. The second-order valence-electron chi connectivity index (χ2n) is 3.40. The second kappa shape index (κ2) is 7.23. The number of esters is 1. The zero-order valence-corrected chi connectivity index (χ0v) is 10.7. The highest BCUT2D eigenvalue weighted by molar-refractivity contribution is 9.10. The molecule has 0 radical (unpaired) electrons. The van der Waals surface area contributed by atoms with E-state index < -0.39 is 0 Å². The van der Waals surface area contributed by atoms with Gasteiger partial charge >= 0.3 is 5.97 Å². The molecule has 16 heavy (non-hydrogen) atoms. The lowest BCUT2D eigenvalue weighted by atomic mass is 10.2. The van der Waals surface area contributed by atoms with Crippen LogP contribution in [-0.4, -0.2) is 12.6 Å². The number of ether oxygens (including phenoxy) is 1. The largest absolute Gasteiger partial charge is 0.462 e. The molecule has 0 aliphatic heterocycles. The van der Waals surface area contributed by atoms with Crippen LogP contribution in [0.4, 0.5) is 0 Å². The lowest BCUT2D eigenvalue weighted by Crippen LogP contribution is -2.07. The molecule has 1 aromatic carbocycles. The third-order valence-electron chi connectivity index (χ3n) is 2.13. The fraction of sp³-hybridized carbons (Fsp3) is 0.308. The minimum Gasteiger partial charge on any atom is -0.462 e. The predicted molar refractivity (Wildman–Crippen MR) is 68.5 cm³/mol. The van der Waals surface area contributed by atoms with Crippen LogP contribution in [0, 0.1) is 0 Å². The monoisotopic (exact) mass is 282 g/mol. The number of rotatable bonds is 6.